The smallest absolute Gasteiger partial charge is 0.141 e. The van der Waals surface area contributed by atoms with E-state index in [2.05, 4.69) is 9.97 Å². The maximum atomic E-state index is 13.3. The Balaban J connectivity index is 1.92. The highest BCUT2D eigenvalue weighted by Gasteiger charge is 2.31. The fraction of sp³-hybridized carbons (Fsp3) is 0.667. The van der Waals surface area contributed by atoms with Crippen molar-refractivity contribution in [3.63, 3.8) is 0 Å². The molecule has 0 spiro atoms. The number of H-pyrrole nitrogens is 1. The molecular formula is C9H14FN3O. The summed E-state index contributed by atoms with van der Waals surface area (Å²) in [6, 6.07) is -0.127. The summed E-state index contributed by atoms with van der Waals surface area (Å²) in [5.74, 6) is 0. The minimum atomic E-state index is -0.872. The molecule has 0 saturated carbocycles. The first-order valence-electron chi connectivity index (χ1n) is 4.66. The molecule has 0 aromatic carbocycles. The Bertz CT molecular complexity index is 278. The van der Waals surface area contributed by atoms with E-state index in [1.54, 1.807) is 12.5 Å². The highest BCUT2D eigenvalue weighted by molar-refractivity contribution is 4.95. The molecule has 0 aliphatic carbocycles. The third kappa shape index (κ3) is 1.93. The number of hydrogen-bond donors (Lipinski definition) is 1. The van der Waals surface area contributed by atoms with Crippen molar-refractivity contribution >= 4 is 0 Å². The number of ether oxygens (including phenoxy) is 1. The summed E-state index contributed by atoms with van der Waals surface area (Å²) in [6.45, 7) is 1.37. The highest BCUT2D eigenvalue weighted by atomic mass is 19.1. The third-order valence-corrected chi connectivity index (χ3v) is 2.52. The van der Waals surface area contributed by atoms with E-state index in [9.17, 15) is 4.39 Å². The third-order valence-electron chi connectivity index (χ3n) is 2.52. The predicted octanol–water partition coefficient (Wildman–Crippen LogP) is 0.578. The Morgan fingerprint density at radius 1 is 1.71 bits per heavy atom. The lowest BCUT2D eigenvalue weighted by molar-refractivity contribution is 0.153. The van der Waals surface area contributed by atoms with E-state index >= 15 is 0 Å². The van der Waals surface area contributed by atoms with Gasteiger partial charge in [-0.15, -0.1) is 0 Å². The average molecular weight is 199 g/mol. The van der Waals surface area contributed by atoms with Crippen LogP contribution in [0.4, 0.5) is 4.39 Å². The average Bonchev–Trinajstić information content (AvgIpc) is 2.75. The fourth-order valence-corrected chi connectivity index (χ4v) is 1.68. The molecule has 0 radical (unpaired) electrons. The zero-order chi connectivity index (χ0) is 9.97. The zero-order valence-corrected chi connectivity index (χ0v) is 8.11. The first-order chi connectivity index (χ1) is 6.77. The Labute approximate surface area is 82.1 Å². The molecule has 0 amide bonds. The van der Waals surface area contributed by atoms with Gasteiger partial charge in [-0.1, -0.05) is 0 Å². The minimum absolute atomic E-state index is 0.127. The van der Waals surface area contributed by atoms with Crippen LogP contribution in [-0.2, 0) is 11.3 Å². The molecule has 2 rings (SSSR count). The van der Waals surface area contributed by atoms with Gasteiger partial charge in [0.1, 0.15) is 6.17 Å². The van der Waals surface area contributed by atoms with Gasteiger partial charge in [-0.3, -0.25) is 4.90 Å². The Morgan fingerprint density at radius 2 is 2.57 bits per heavy atom. The molecule has 2 atom stereocenters. The van der Waals surface area contributed by atoms with Gasteiger partial charge in [-0.25, -0.2) is 9.37 Å². The molecule has 1 aliphatic rings. The monoisotopic (exact) mass is 199 g/mol. The van der Waals surface area contributed by atoms with Crippen molar-refractivity contribution in [2.75, 3.05) is 20.3 Å². The van der Waals surface area contributed by atoms with Crippen LogP contribution >= 0.6 is 0 Å². The van der Waals surface area contributed by atoms with Crippen LogP contribution in [-0.4, -0.2) is 47.3 Å². The summed E-state index contributed by atoms with van der Waals surface area (Å²) in [6.07, 6.45) is 2.50. The van der Waals surface area contributed by atoms with Gasteiger partial charge in [-0.2, -0.15) is 0 Å². The first kappa shape index (κ1) is 9.61. The Kier molecular flexibility index (Phi) is 2.79. The molecule has 1 aromatic heterocycles. The highest BCUT2D eigenvalue weighted by Crippen LogP contribution is 2.16. The van der Waals surface area contributed by atoms with Crippen molar-refractivity contribution in [2.24, 2.45) is 0 Å². The van der Waals surface area contributed by atoms with E-state index < -0.39 is 6.17 Å². The van der Waals surface area contributed by atoms with E-state index in [1.165, 1.54) is 0 Å². The standard InChI is InChI=1S/C9H14FN3O/c1-13(3-7-2-11-6-12-7)9-5-14-4-8(9)10/h2,6,8-9H,3-5H2,1H3,(H,11,12). The van der Waals surface area contributed by atoms with Crippen LogP contribution in [0.5, 0.6) is 0 Å². The minimum Gasteiger partial charge on any atom is -0.377 e. The second-order valence-corrected chi connectivity index (χ2v) is 3.61. The van der Waals surface area contributed by atoms with Gasteiger partial charge in [0.25, 0.3) is 0 Å². The molecule has 78 valence electrons. The van der Waals surface area contributed by atoms with Gasteiger partial charge in [-0.05, 0) is 7.05 Å². The maximum Gasteiger partial charge on any atom is 0.141 e. The molecule has 2 unspecified atom stereocenters. The number of imidazole rings is 1. The quantitative estimate of drug-likeness (QED) is 0.774. The molecule has 4 nitrogen and oxygen atoms in total. The largest absolute Gasteiger partial charge is 0.377 e. The van der Waals surface area contributed by atoms with E-state index in [4.69, 9.17) is 4.74 Å². The second-order valence-electron chi connectivity index (χ2n) is 3.61. The SMILES string of the molecule is CN(Cc1cnc[nH]1)C1COCC1F. The molecule has 1 aromatic rings. The molecule has 1 saturated heterocycles. The maximum absolute atomic E-state index is 13.3. The van der Waals surface area contributed by atoms with Gasteiger partial charge in [0, 0.05) is 18.4 Å². The van der Waals surface area contributed by atoms with Crippen molar-refractivity contribution in [1.82, 2.24) is 14.9 Å². The van der Waals surface area contributed by atoms with Crippen molar-refractivity contribution in [3.8, 4) is 0 Å². The number of aromatic nitrogens is 2. The van der Waals surface area contributed by atoms with Gasteiger partial charge >= 0.3 is 0 Å². The summed E-state index contributed by atoms with van der Waals surface area (Å²) < 4.78 is 18.3. The lowest BCUT2D eigenvalue weighted by atomic mass is 10.2. The number of likely N-dealkylation sites (N-methyl/N-ethyl adjacent to an activating group) is 1. The summed E-state index contributed by atoms with van der Waals surface area (Å²) in [5.41, 5.74) is 0.992. The van der Waals surface area contributed by atoms with Gasteiger partial charge in [0.15, 0.2) is 0 Å². The van der Waals surface area contributed by atoms with Crippen LogP contribution in [0.3, 0.4) is 0 Å². The van der Waals surface area contributed by atoms with E-state index in [0.717, 1.165) is 5.69 Å². The molecule has 2 heterocycles. The predicted molar refractivity (Wildman–Crippen MR) is 49.6 cm³/mol. The normalized spacial score (nSPS) is 27.4. The van der Waals surface area contributed by atoms with Gasteiger partial charge in [0.2, 0.25) is 0 Å². The lowest BCUT2D eigenvalue weighted by Crippen LogP contribution is -2.38. The summed E-state index contributed by atoms with van der Waals surface area (Å²) in [5, 5.41) is 0. The van der Waals surface area contributed by atoms with Crippen molar-refractivity contribution < 1.29 is 9.13 Å². The molecule has 5 heteroatoms. The number of rotatable bonds is 3. The number of aromatic amines is 1. The van der Waals surface area contributed by atoms with E-state index in [1.807, 2.05) is 11.9 Å². The molecule has 14 heavy (non-hydrogen) atoms. The number of hydrogen-bond acceptors (Lipinski definition) is 3. The van der Waals surface area contributed by atoms with Gasteiger partial charge < -0.3 is 9.72 Å². The van der Waals surface area contributed by atoms with E-state index in [-0.39, 0.29) is 12.6 Å². The molecule has 1 fully saturated rings. The summed E-state index contributed by atoms with van der Waals surface area (Å²) in [7, 11) is 1.90. The lowest BCUT2D eigenvalue weighted by Gasteiger charge is -2.23. The van der Waals surface area contributed by atoms with Crippen LogP contribution in [0.25, 0.3) is 0 Å². The van der Waals surface area contributed by atoms with Crippen molar-refractivity contribution in [1.29, 1.82) is 0 Å². The molecule has 1 aliphatic heterocycles. The van der Waals surface area contributed by atoms with Crippen LogP contribution in [0, 0.1) is 0 Å². The molecule has 0 bridgehead atoms. The molecule has 1 N–H and O–H groups in total. The van der Waals surface area contributed by atoms with Crippen LogP contribution < -0.4 is 0 Å². The topological polar surface area (TPSA) is 41.2 Å². The Morgan fingerprint density at radius 3 is 3.14 bits per heavy atom. The van der Waals surface area contributed by atoms with Crippen LogP contribution in [0.1, 0.15) is 5.69 Å². The van der Waals surface area contributed by atoms with Crippen LogP contribution in [0.2, 0.25) is 0 Å². The summed E-state index contributed by atoms with van der Waals surface area (Å²) >= 11 is 0. The molecular weight excluding hydrogens is 185 g/mol. The second kappa shape index (κ2) is 4.06. The summed E-state index contributed by atoms with van der Waals surface area (Å²) in [4.78, 5) is 8.85. The first-order valence-corrected chi connectivity index (χ1v) is 4.66. The number of alkyl halides is 1. The van der Waals surface area contributed by atoms with Crippen LogP contribution in [0.15, 0.2) is 12.5 Å². The Hall–Kier alpha value is -0.940. The van der Waals surface area contributed by atoms with E-state index in [0.29, 0.717) is 13.2 Å². The number of nitrogens with zero attached hydrogens (tertiary/aromatic N) is 2. The fourth-order valence-electron chi connectivity index (χ4n) is 1.68. The zero-order valence-electron chi connectivity index (χ0n) is 8.11. The van der Waals surface area contributed by atoms with Crippen molar-refractivity contribution in [2.45, 2.75) is 18.8 Å². The number of nitrogens with one attached hydrogen (secondary N) is 1. The van der Waals surface area contributed by atoms with Gasteiger partial charge in [0.05, 0.1) is 25.6 Å². The number of halogens is 1. The van der Waals surface area contributed by atoms with Crippen molar-refractivity contribution in [3.05, 3.63) is 18.2 Å².